The number of allylic oxidation sites excluding steroid dienone is 6. The van der Waals surface area contributed by atoms with Crippen molar-refractivity contribution in [3.63, 3.8) is 0 Å². The SMILES string of the molecule is CC12CCC(=N1)/C=C1/CC/C(=C/C3=NC(=C\C4=NC2CC4)/CC3)N1. The van der Waals surface area contributed by atoms with Crippen LogP contribution in [0.1, 0.15) is 58.3 Å². The van der Waals surface area contributed by atoms with Gasteiger partial charge in [0.2, 0.25) is 0 Å². The topological polar surface area (TPSA) is 49.1 Å². The van der Waals surface area contributed by atoms with Gasteiger partial charge >= 0.3 is 0 Å². The van der Waals surface area contributed by atoms with Crippen LogP contribution in [0.2, 0.25) is 0 Å². The maximum atomic E-state index is 5.10. The molecule has 1 fully saturated rings. The van der Waals surface area contributed by atoms with Crippen molar-refractivity contribution in [3.05, 3.63) is 35.3 Å². The molecule has 0 aromatic carbocycles. The highest BCUT2D eigenvalue weighted by atomic mass is 15.0. The van der Waals surface area contributed by atoms with Crippen LogP contribution in [-0.2, 0) is 0 Å². The highest BCUT2D eigenvalue weighted by Crippen LogP contribution is 2.37. The van der Waals surface area contributed by atoms with Gasteiger partial charge in [-0.1, -0.05) is 0 Å². The summed E-state index contributed by atoms with van der Waals surface area (Å²) in [6.45, 7) is 2.29. The predicted molar refractivity (Wildman–Crippen MR) is 98.8 cm³/mol. The van der Waals surface area contributed by atoms with Crippen molar-refractivity contribution >= 4 is 17.1 Å². The van der Waals surface area contributed by atoms with Crippen LogP contribution < -0.4 is 5.32 Å². The summed E-state index contributed by atoms with van der Waals surface area (Å²) in [6, 6.07) is 0.334. The number of nitrogens with zero attached hydrogens (tertiary/aromatic N) is 3. The molecular formula is C20H24N4. The van der Waals surface area contributed by atoms with Crippen LogP contribution in [-0.4, -0.2) is 28.7 Å². The van der Waals surface area contributed by atoms with Crippen LogP contribution in [0.5, 0.6) is 0 Å². The predicted octanol–water partition coefficient (Wildman–Crippen LogP) is 3.87. The molecule has 0 saturated carbocycles. The van der Waals surface area contributed by atoms with E-state index < -0.39 is 0 Å². The number of nitrogens with one attached hydrogen (secondary N) is 1. The Labute approximate surface area is 143 Å². The third-order valence-corrected chi connectivity index (χ3v) is 5.92. The fourth-order valence-corrected chi connectivity index (χ4v) is 4.51. The Kier molecular flexibility index (Phi) is 3.15. The minimum absolute atomic E-state index is 0.0196. The highest BCUT2D eigenvalue weighted by Gasteiger charge is 2.39. The molecule has 4 nitrogen and oxygen atoms in total. The van der Waals surface area contributed by atoms with E-state index in [0.29, 0.717) is 6.04 Å². The van der Waals surface area contributed by atoms with E-state index in [4.69, 9.17) is 15.0 Å². The number of hydrogen-bond donors (Lipinski definition) is 1. The van der Waals surface area contributed by atoms with E-state index in [1.165, 1.54) is 34.2 Å². The second-order valence-corrected chi connectivity index (χ2v) is 7.84. The molecule has 5 aliphatic heterocycles. The lowest BCUT2D eigenvalue weighted by Gasteiger charge is -2.25. The molecule has 5 rings (SSSR count). The fourth-order valence-electron chi connectivity index (χ4n) is 4.51. The van der Waals surface area contributed by atoms with E-state index >= 15 is 0 Å². The average molecular weight is 320 g/mol. The molecule has 5 heterocycles. The Hall–Kier alpha value is -1.97. The molecule has 0 aromatic heterocycles. The second kappa shape index (κ2) is 5.27. The van der Waals surface area contributed by atoms with Gasteiger partial charge in [-0.3, -0.25) is 15.0 Å². The lowest BCUT2D eigenvalue weighted by Crippen LogP contribution is -2.32. The summed E-state index contributed by atoms with van der Waals surface area (Å²) in [5.74, 6) is 0. The molecule has 0 amide bonds. The molecule has 5 aliphatic rings. The maximum Gasteiger partial charge on any atom is 0.0809 e. The second-order valence-electron chi connectivity index (χ2n) is 7.84. The molecule has 8 bridgehead atoms. The molecule has 24 heavy (non-hydrogen) atoms. The Bertz CT molecular complexity index is 777. The van der Waals surface area contributed by atoms with Gasteiger partial charge in [0.05, 0.1) is 11.6 Å². The van der Waals surface area contributed by atoms with E-state index in [1.807, 2.05) is 0 Å². The molecule has 1 N–H and O–H groups in total. The molecule has 2 unspecified atom stereocenters. The number of rotatable bonds is 0. The van der Waals surface area contributed by atoms with Gasteiger partial charge in [0.1, 0.15) is 0 Å². The van der Waals surface area contributed by atoms with Crippen LogP contribution >= 0.6 is 0 Å². The molecule has 0 spiro atoms. The van der Waals surface area contributed by atoms with Crippen molar-refractivity contribution in [3.8, 4) is 0 Å². The third kappa shape index (κ3) is 2.48. The standard InChI is InChI=1S/C20H24N4/c1-20-9-8-18(24-20)12-16-5-4-14(22-16)10-13-2-3-15(21-13)11-17-6-7-19(20)23-17/h10-12,19,22H,2-9H2,1H3/b14-10-,15-11-,16-12-. The van der Waals surface area contributed by atoms with E-state index in [1.54, 1.807) is 0 Å². The summed E-state index contributed by atoms with van der Waals surface area (Å²) in [4.78, 5) is 15.0. The quantitative estimate of drug-likeness (QED) is 0.724. The van der Waals surface area contributed by atoms with Gasteiger partial charge in [0.15, 0.2) is 0 Å². The Morgan fingerprint density at radius 3 is 2.62 bits per heavy atom. The Balaban J connectivity index is 1.59. The maximum absolute atomic E-state index is 5.10. The lowest BCUT2D eigenvalue weighted by molar-refractivity contribution is 0.378. The van der Waals surface area contributed by atoms with Crippen molar-refractivity contribution < 1.29 is 0 Å². The minimum atomic E-state index is -0.0196. The first kappa shape index (κ1) is 14.4. The first-order valence-electron chi connectivity index (χ1n) is 9.28. The smallest absolute Gasteiger partial charge is 0.0809 e. The summed E-state index contributed by atoms with van der Waals surface area (Å²) in [7, 11) is 0. The molecule has 2 atom stereocenters. The molecular weight excluding hydrogens is 296 g/mol. The summed E-state index contributed by atoms with van der Waals surface area (Å²) in [6.07, 6.45) is 15.4. The van der Waals surface area contributed by atoms with Gasteiger partial charge in [-0.2, -0.15) is 0 Å². The monoisotopic (exact) mass is 320 g/mol. The Morgan fingerprint density at radius 1 is 0.917 bits per heavy atom. The molecule has 4 heteroatoms. The van der Waals surface area contributed by atoms with Crippen molar-refractivity contribution in [2.75, 3.05) is 0 Å². The van der Waals surface area contributed by atoms with Gasteiger partial charge in [0, 0.05) is 34.2 Å². The summed E-state index contributed by atoms with van der Waals surface area (Å²) in [5.41, 5.74) is 7.48. The van der Waals surface area contributed by atoms with Gasteiger partial charge in [0.25, 0.3) is 0 Å². The first-order valence-corrected chi connectivity index (χ1v) is 9.28. The zero-order chi connectivity index (χ0) is 16.1. The van der Waals surface area contributed by atoms with Crippen LogP contribution in [0.15, 0.2) is 50.3 Å². The largest absolute Gasteiger partial charge is 0.362 e. The number of aliphatic imine (C=N–C) groups is 3. The first-order chi connectivity index (χ1) is 11.7. The number of fused-ring (bicyclic) bond motifs is 6. The highest BCUT2D eigenvalue weighted by molar-refractivity contribution is 6.01. The minimum Gasteiger partial charge on any atom is -0.362 e. The molecule has 0 aliphatic carbocycles. The molecule has 1 saturated heterocycles. The summed E-state index contributed by atoms with van der Waals surface area (Å²) < 4.78 is 0. The van der Waals surface area contributed by atoms with Gasteiger partial charge < -0.3 is 5.32 Å². The van der Waals surface area contributed by atoms with E-state index in [9.17, 15) is 0 Å². The van der Waals surface area contributed by atoms with Crippen LogP contribution in [0.4, 0.5) is 0 Å². The van der Waals surface area contributed by atoms with Crippen LogP contribution in [0, 0.1) is 0 Å². The number of hydrogen-bond acceptors (Lipinski definition) is 4. The van der Waals surface area contributed by atoms with Gasteiger partial charge in [-0.15, -0.1) is 0 Å². The lowest BCUT2D eigenvalue weighted by atomic mass is 9.89. The van der Waals surface area contributed by atoms with E-state index in [0.717, 1.165) is 51.4 Å². The molecule has 124 valence electrons. The molecule has 0 aromatic rings. The normalized spacial score (nSPS) is 40.8. The van der Waals surface area contributed by atoms with Crippen molar-refractivity contribution in [1.29, 1.82) is 0 Å². The van der Waals surface area contributed by atoms with E-state index in [2.05, 4.69) is 30.5 Å². The fraction of sp³-hybridized carbons (Fsp3) is 0.550. The van der Waals surface area contributed by atoms with Gasteiger partial charge in [-0.25, -0.2) is 0 Å². The Morgan fingerprint density at radius 2 is 1.75 bits per heavy atom. The van der Waals surface area contributed by atoms with Crippen LogP contribution in [0.3, 0.4) is 0 Å². The van der Waals surface area contributed by atoms with Crippen LogP contribution in [0.25, 0.3) is 0 Å². The van der Waals surface area contributed by atoms with Crippen molar-refractivity contribution in [2.45, 2.75) is 69.9 Å². The van der Waals surface area contributed by atoms with Crippen molar-refractivity contribution in [2.24, 2.45) is 15.0 Å². The third-order valence-electron chi connectivity index (χ3n) is 5.92. The zero-order valence-corrected chi connectivity index (χ0v) is 14.3. The average Bonchev–Trinajstić information content (AvgIpc) is 3.30. The molecule has 0 radical (unpaired) electrons. The zero-order valence-electron chi connectivity index (χ0n) is 14.3. The van der Waals surface area contributed by atoms with E-state index in [-0.39, 0.29) is 5.54 Å². The van der Waals surface area contributed by atoms with Gasteiger partial charge in [-0.05, 0) is 76.5 Å². The summed E-state index contributed by atoms with van der Waals surface area (Å²) in [5, 5.41) is 3.58. The van der Waals surface area contributed by atoms with Crippen molar-refractivity contribution in [1.82, 2.24) is 5.32 Å². The summed E-state index contributed by atoms with van der Waals surface area (Å²) >= 11 is 0.